The van der Waals surface area contributed by atoms with E-state index in [0.29, 0.717) is 12.4 Å². The summed E-state index contributed by atoms with van der Waals surface area (Å²) in [6.07, 6.45) is 3.45. The van der Waals surface area contributed by atoms with Crippen LogP contribution in [0.4, 0.5) is 0 Å². The minimum Gasteiger partial charge on any atom is -0.496 e. The Bertz CT molecular complexity index is 961. The third-order valence-corrected chi connectivity index (χ3v) is 4.32. The highest BCUT2D eigenvalue weighted by molar-refractivity contribution is 5.85. The van der Waals surface area contributed by atoms with Crippen molar-refractivity contribution >= 4 is 12.0 Å². The lowest BCUT2D eigenvalue weighted by molar-refractivity contribution is -0.131. The predicted octanol–water partition coefficient (Wildman–Crippen LogP) is 4.96. The largest absolute Gasteiger partial charge is 0.496 e. The van der Waals surface area contributed by atoms with E-state index in [4.69, 9.17) is 14.6 Å². The molecule has 142 valence electrons. The fraction of sp³-hybridized carbons (Fsp3) is 0.125. The van der Waals surface area contributed by atoms with Crippen LogP contribution in [-0.4, -0.2) is 18.2 Å². The molecule has 4 heteroatoms. The zero-order valence-electron chi connectivity index (χ0n) is 15.7. The van der Waals surface area contributed by atoms with Gasteiger partial charge in [0.25, 0.3) is 0 Å². The summed E-state index contributed by atoms with van der Waals surface area (Å²) in [5.41, 5.74) is 3.95. The van der Waals surface area contributed by atoms with E-state index in [0.717, 1.165) is 34.9 Å². The van der Waals surface area contributed by atoms with Crippen molar-refractivity contribution in [1.82, 2.24) is 0 Å². The van der Waals surface area contributed by atoms with E-state index in [1.807, 2.05) is 54.6 Å². The lowest BCUT2D eigenvalue weighted by Gasteiger charge is -2.14. The molecule has 28 heavy (non-hydrogen) atoms. The topological polar surface area (TPSA) is 55.8 Å². The number of aliphatic carboxylic acids is 1. The highest BCUT2D eigenvalue weighted by Crippen LogP contribution is 2.26. The molecule has 0 unspecified atom stereocenters. The standard InChI is InChI=1S/C24H22O4/c1-27-22-13-11-19(12-14-24(25)26)16-21(22)17-28-23-10-6-5-9-20(23)15-18-7-3-2-4-8-18/h2-14,16H,15,17H2,1H3,(H,25,26)/b14-12+. The Labute approximate surface area is 164 Å². The van der Waals surface area contributed by atoms with Crippen molar-refractivity contribution in [2.75, 3.05) is 7.11 Å². The van der Waals surface area contributed by atoms with Crippen LogP contribution in [0.5, 0.6) is 11.5 Å². The second-order valence-electron chi connectivity index (χ2n) is 6.30. The smallest absolute Gasteiger partial charge is 0.328 e. The van der Waals surface area contributed by atoms with Crippen LogP contribution in [0.2, 0.25) is 0 Å². The number of carbonyl (C=O) groups is 1. The van der Waals surface area contributed by atoms with Gasteiger partial charge >= 0.3 is 5.97 Å². The summed E-state index contributed by atoms with van der Waals surface area (Å²) in [7, 11) is 1.61. The third-order valence-electron chi connectivity index (χ3n) is 4.32. The summed E-state index contributed by atoms with van der Waals surface area (Å²) < 4.78 is 11.5. The average Bonchev–Trinajstić information content (AvgIpc) is 2.72. The van der Waals surface area contributed by atoms with Gasteiger partial charge in [-0.15, -0.1) is 0 Å². The molecule has 0 aliphatic rings. The zero-order chi connectivity index (χ0) is 19.8. The first kappa shape index (κ1) is 19.2. The maximum atomic E-state index is 10.7. The Morgan fingerprint density at radius 1 is 0.929 bits per heavy atom. The Morgan fingerprint density at radius 2 is 1.68 bits per heavy atom. The molecule has 0 radical (unpaired) electrons. The van der Waals surface area contributed by atoms with Crippen LogP contribution < -0.4 is 9.47 Å². The maximum Gasteiger partial charge on any atom is 0.328 e. The van der Waals surface area contributed by atoms with E-state index in [-0.39, 0.29) is 0 Å². The van der Waals surface area contributed by atoms with E-state index in [2.05, 4.69) is 18.2 Å². The SMILES string of the molecule is COc1ccc(/C=C/C(=O)O)cc1COc1ccccc1Cc1ccccc1. The average molecular weight is 374 g/mol. The van der Waals surface area contributed by atoms with Gasteiger partial charge in [0.15, 0.2) is 0 Å². The van der Waals surface area contributed by atoms with Gasteiger partial charge in [-0.05, 0) is 41.0 Å². The molecule has 0 fully saturated rings. The van der Waals surface area contributed by atoms with Crippen LogP contribution in [0.1, 0.15) is 22.3 Å². The molecule has 0 spiro atoms. The molecule has 0 saturated carbocycles. The van der Waals surface area contributed by atoms with Gasteiger partial charge < -0.3 is 14.6 Å². The van der Waals surface area contributed by atoms with E-state index in [9.17, 15) is 4.79 Å². The molecule has 0 amide bonds. The molecule has 0 aliphatic carbocycles. The summed E-state index contributed by atoms with van der Waals surface area (Å²) in [5.74, 6) is 0.538. The van der Waals surface area contributed by atoms with Gasteiger partial charge in [-0.3, -0.25) is 0 Å². The third kappa shape index (κ3) is 5.24. The van der Waals surface area contributed by atoms with Crippen molar-refractivity contribution in [2.45, 2.75) is 13.0 Å². The van der Waals surface area contributed by atoms with Crippen molar-refractivity contribution in [2.24, 2.45) is 0 Å². The van der Waals surface area contributed by atoms with Crippen molar-refractivity contribution in [3.8, 4) is 11.5 Å². The first-order chi connectivity index (χ1) is 13.7. The number of hydrogen-bond donors (Lipinski definition) is 1. The van der Waals surface area contributed by atoms with Crippen LogP contribution in [-0.2, 0) is 17.8 Å². The molecule has 3 aromatic carbocycles. The van der Waals surface area contributed by atoms with E-state index < -0.39 is 5.97 Å². The molecule has 3 aromatic rings. The van der Waals surface area contributed by atoms with Gasteiger partial charge in [0, 0.05) is 18.1 Å². The molecule has 3 rings (SSSR count). The number of rotatable bonds is 8. The number of hydrogen-bond acceptors (Lipinski definition) is 3. The second kappa shape index (κ2) is 9.42. The summed E-state index contributed by atoms with van der Waals surface area (Å²) in [4.78, 5) is 10.7. The Morgan fingerprint density at radius 3 is 2.43 bits per heavy atom. The normalized spacial score (nSPS) is 10.8. The Balaban J connectivity index is 1.78. The molecule has 1 N–H and O–H groups in total. The monoisotopic (exact) mass is 374 g/mol. The van der Waals surface area contributed by atoms with E-state index in [1.165, 1.54) is 5.56 Å². The van der Waals surface area contributed by atoms with Crippen LogP contribution in [0, 0.1) is 0 Å². The van der Waals surface area contributed by atoms with E-state index >= 15 is 0 Å². The Hall–Kier alpha value is -3.53. The number of para-hydroxylation sites is 1. The van der Waals surface area contributed by atoms with Crippen molar-refractivity contribution in [3.05, 3.63) is 101 Å². The highest BCUT2D eigenvalue weighted by atomic mass is 16.5. The van der Waals surface area contributed by atoms with Gasteiger partial charge in [-0.25, -0.2) is 4.79 Å². The molecular formula is C24H22O4. The molecule has 0 saturated heterocycles. The van der Waals surface area contributed by atoms with Crippen molar-refractivity contribution in [1.29, 1.82) is 0 Å². The lowest BCUT2D eigenvalue weighted by atomic mass is 10.0. The summed E-state index contributed by atoms with van der Waals surface area (Å²) >= 11 is 0. The fourth-order valence-electron chi connectivity index (χ4n) is 2.94. The highest BCUT2D eigenvalue weighted by Gasteiger charge is 2.08. The number of methoxy groups -OCH3 is 1. The second-order valence-corrected chi connectivity index (χ2v) is 6.30. The zero-order valence-corrected chi connectivity index (χ0v) is 15.7. The maximum absolute atomic E-state index is 10.7. The molecule has 0 heterocycles. The number of carboxylic acids is 1. The lowest BCUT2D eigenvalue weighted by Crippen LogP contribution is -2.02. The van der Waals surface area contributed by atoms with Gasteiger partial charge in [-0.1, -0.05) is 54.6 Å². The van der Waals surface area contributed by atoms with Crippen LogP contribution in [0.15, 0.2) is 78.9 Å². The van der Waals surface area contributed by atoms with Crippen molar-refractivity contribution < 1.29 is 19.4 Å². The van der Waals surface area contributed by atoms with Gasteiger partial charge in [0.1, 0.15) is 18.1 Å². The summed E-state index contributed by atoms with van der Waals surface area (Å²) in [6, 6.07) is 23.7. The molecule has 4 nitrogen and oxygen atoms in total. The number of benzene rings is 3. The minimum absolute atomic E-state index is 0.323. The van der Waals surface area contributed by atoms with Gasteiger partial charge in [0.05, 0.1) is 7.11 Å². The van der Waals surface area contributed by atoms with Gasteiger partial charge in [0.2, 0.25) is 0 Å². The molecular weight excluding hydrogens is 352 g/mol. The molecule has 0 bridgehead atoms. The first-order valence-electron chi connectivity index (χ1n) is 8.98. The summed E-state index contributed by atoms with van der Waals surface area (Å²) in [5, 5.41) is 8.81. The molecule has 0 atom stereocenters. The quantitative estimate of drug-likeness (QED) is 0.566. The fourth-order valence-corrected chi connectivity index (χ4v) is 2.94. The summed E-state index contributed by atoms with van der Waals surface area (Å²) in [6.45, 7) is 0.323. The molecule has 0 aromatic heterocycles. The first-order valence-corrected chi connectivity index (χ1v) is 8.98. The number of ether oxygens (including phenoxy) is 2. The Kier molecular flexibility index (Phi) is 6.47. The van der Waals surface area contributed by atoms with Crippen LogP contribution in [0.3, 0.4) is 0 Å². The van der Waals surface area contributed by atoms with Crippen molar-refractivity contribution in [3.63, 3.8) is 0 Å². The predicted molar refractivity (Wildman–Crippen MR) is 110 cm³/mol. The molecule has 0 aliphatic heterocycles. The van der Waals surface area contributed by atoms with Gasteiger partial charge in [-0.2, -0.15) is 0 Å². The minimum atomic E-state index is -0.983. The number of carboxylic acid groups (broad SMARTS) is 1. The van der Waals surface area contributed by atoms with Crippen LogP contribution >= 0.6 is 0 Å². The van der Waals surface area contributed by atoms with Crippen LogP contribution in [0.25, 0.3) is 6.08 Å². The van der Waals surface area contributed by atoms with E-state index in [1.54, 1.807) is 13.2 Å².